The summed E-state index contributed by atoms with van der Waals surface area (Å²) in [5.41, 5.74) is -0.704. The summed E-state index contributed by atoms with van der Waals surface area (Å²) in [6.07, 6.45) is 5.85. The Hall–Kier alpha value is -1.10. The van der Waals surface area contributed by atoms with Gasteiger partial charge in [-0.3, -0.25) is 9.59 Å². The predicted octanol–water partition coefficient (Wildman–Crippen LogP) is 1.14. The molecular weight excluding hydrogens is 244 g/mol. The van der Waals surface area contributed by atoms with Gasteiger partial charge in [0.05, 0.1) is 5.41 Å². The number of carbonyl (C=O) groups is 2. The normalized spacial score (nSPS) is 25.4. The van der Waals surface area contributed by atoms with Gasteiger partial charge in [-0.1, -0.05) is 12.8 Å². The number of carboxylic acids is 1. The van der Waals surface area contributed by atoms with Crippen molar-refractivity contribution < 1.29 is 14.7 Å². The van der Waals surface area contributed by atoms with Gasteiger partial charge in [-0.25, -0.2) is 0 Å². The lowest BCUT2D eigenvalue weighted by Gasteiger charge is -2.24. The molecule has 1 unspecified atom stereocenters. The van der Waals surface area contributed by atoms with Crippen LogP contribution >= 0.6 is 0 Å². The van der Waals surface area contributed by atoms with Crippen LogP contribution in [0.5, 0.6) is 0 Å². The van der Waals surface area contributed by atoms with Crippen molar-refractivity contribution in [3.8, 4) is 0 Å². The maximum absolute atomic E-state index is 11.8. The van der Waals surface area contributed by atoms with Crippen LogP contribution in [0.25, 0.3) is 0 Å². The average molecular weight is 268 g/mol. The van der Waals surface area contributed by atoms with E-state index in [0.717, 1.165) is 38.8 Å². The zero-order valence-electron chi connectivity index (χ0n) is 11.4. The number of amides is 1. The van der Waals surface area contributed by atoms with E-state index in [4.69, 9.17) is 0 Å². The highest BCUT2D eigenvalue weighted by Gasteiger charge is 2.41. The largest absolute Gasteiger partial charge is 0.481 e. The van der Waals surface area contributed by atoms with E-state index in [0.29, 0.717) is 31.7 Å². The Morgan fingerprint density at radius 1 is 1.32 bits per heavy atom. The minimum absolute atomic E-state index is 0.000532. The molecule has 0 aromatic rings. The van der Waals surface area contributed by atoms with Crippen LogP contribution in [0.15, 0.2) is 0 Å². The molecule has 1 saturated heterocycles. The molecule has 108 valence electrons. The van der Waals surface area contributed by atoms with Crippen LogP contribution in [0.4, 0.5) is 0 Å². The molecule has 5 heteroatoms. The van der Waals surface area contributed by atoms with Crippen LogP contribution in [0.2, 0.25) is 0 Å². The molecule has 1 aliphatic carbocycles. The molecule has 0 aromatic carbocycles. The third-order valence-corrected chi connectivity index (χ3v) is 4.58. The van der Waals surface area contributed by atoms with Gasteiger partial charge in [0.2, 0.25) is 5.91 Å². The summed E-state index contributed by atoms with van der Waals surface area (Å²) in [7, 11) is 0. The standard InChI is InChI=1S/C14H24N2O3/c17-12(4-3-11-5-8-15-9-11)16-10-14(13(18)19)6-1-2-7-14/h11,15H,1-10H2,(H,16,17)(H,18,19). The summed E-state index contributed by atoms with van der Waals surface area (Å²) in [6, 6.07) is 0. The Kier molecular flexibility index (Phi) is 4.80. The first-order chi connectivity index (χ1) is 9.12. The molecular formula is C14H24N2O3. The molecule has 19 heavy (non-hydrogen) atoms. The summed E-state index contributed by atoms with van der Waals surface area (Å²) in [5.74, 6) is -0.157. The van der Waals surface area contributed by atoms with Crippen molar-refractivity contribution >= 4 is 11.9 Å². The number of hydrogen-bond acceptors (Lipinski definition) is 3. The van der Waals surface area contributed by atoms with Crippen LogP contribution in [0, 0.1) is 11.3 Å². The van der Waals surface area contributed by atoms with Gasteiger partial charge in [-0.15, -0.1) is 0 Å². The van der Waals surface area contributed by atoms with Crippen molar-refractivity contribution in [2.24, 2.45) is 11.3 Å². The van der Waals surface area contributed by atoms with Crippen LogP contribution < -0.4 is 10.6 Å². The van der Waals surface area contributed by atoms with Crippen molar-refractivity contribution in [2.75, 3.05) is 19.6 Å². The summed E-state index contributed by atoms with van der Waals surface area (Å²) in [4.78, 5) is 23.1. The lowest BCUT2D eigenvalue weighted by molar-refractivity contribution is -0.148. The lowest BCUT2D eigenvalue weighted by Crippen LogP contribution is -2.41. The Bertz CT molecular complexity index is 332. The van der Waals surface area contributed by atoms with Gasteiger partial charge in [0.1, 0.15) is 0 Å². The Labute approximate surface area is 114 Å². The molecule has 1 heterocycles. The smallest absolute Gasteiger partial charge is 0.311 e. The summed E-state index contributed by atoms with van der Waals surface area (Å²) < 4.78 is 0. The van der Waals surface area contributed by atoms with E-state index in [1.54, 1.807) is 0 Å². The Balaban J connectivity index is 1.71. The number of hydrogen-bond donors (Lipinski definition) is 3. The number of aliphatic carboxylic acids is 1. The van der Waals surface area contributed by atoms with Gasteiger partial charge < -0.3 is 15.7 Å². The van der Waals surface area contributed by atoms with E-state index in [1.807, 2.05) is 0 Å². The maximum Gasteiger partial charge on any atom is 0.311 e. The molecule has 3 N–H and O–H groups in total. The fourth-order valence-corrected chi connectivity index (χ4v) is 3.17. The zero-order valence-corrected chi connectivity index (χ0v) is 11.4. The quantitative estimate of drug-likeness (QED) is 0.675. The van der Waals surface area contributed by atoms with Crippen molar-refractivity contribution in [1.82, 2.24) is 10.6 Å². The van der Waals surface area contributed by atoms with Crippen molar-refractivity contribution in [3.63, 3.8) is 0 Å². The Morgan fingerprint density at radius 2 is 2.05 bits per heavy atom. The molecule has 2 fully saturated rings. The third-order valence-electron chi connectivity index (χ3n) is 4.58. The molecule has 1 atom stereocenters. The van der Waals surface area contributed by atoms with Gasteiger partial charge >= 0.3 is 5.97 Å². The monoisotopic (exact) mass is 268 g/mol. The van der Waals surface area contributed by atoms with Crippen LogP contribution in [0.3, 0.4) is 0 Å². The minimum atomic E-state index is -0.759. The highest BCUT2D eigenvalue weighted by atomic mass is 16.4. The fraction of sp³-hybridized carbons (Fsp3) is 0.857. The van der Waals surface area contributed by atoms with Crippen LogP contribution in [0.1, 0.15) is 44.9 Å². The van der Waals surface area contributed by atoms with E-state index in [-0.39, 0.29) is 5.91 Å². The van der Waals surface area contributed by atoms with Crippen LogP contribution in [-0.4, -0.2) is 36.6 Å². The third kappa shape index (κ3) is 3.69. The molecule has 5 nitrogen and oxygen atoms in total. The molecule has 0 aromatic heterocycles. The first kappa shape index (κ1) is 14.3. The van der Waals surface area contributed by atoms with Gasteiger partial charge in [-0.05, 0) is 44.7 Å². The molecule has 0 radical (unpaired) electrons. The van der Waals surface area contributed by atoms with Gasteiger partial charge in [0, 0.05) is 13.0 Å². The van der Waals surface area contributed by atoms with E-state index in [9.17, 15) is 14.7 Å². The summed E-state index contributed by atoms with van der Waals surface area (Å²) >= 11 is 0. The van der Waals surface area contributed by atoms with Crippen LogP contribution in [-0.2, 0) is 9.59 Å². The number of carboxylic acid groups (broad SMARTS) is 1. The van der Waals surface area contributed by atoms with Crippen molar-refractivity contribution in [3.05, 3.63) is 0 Å². The second-order valence-electron chi connectivity index (χ2n) is 5.97. The van der Waals surface area contributed by atoms with E-state index in [1.165, 1.54) is 0 Å². The molecule has 2 rings (SSSR count). The van der Waals surface area contributed by atoms with Gasteiger partial charge in [-0.2, -0.15) is 0 Å². The molecule has 1 aliphatic heterocycles. The van der Waals surface area contributed by atoms with Gasteiger partial charge in [0.25, 0.3) is 0 Å². The maximum atomic E-state index is 11.8. The average Bonchev–Trinajstić information content (AvgIpc) is 3.05. The second-order valence-corrected chi connectivity index (χ2v) is 5.97. The summed E-state index contributed by atoms with van der Waals surface area (Å²) in [6.45, 7) is 2.35. The first-order valence-corrected chi connectivity index (χ1v) is 7.33. The molecule has 0 spiro atoms. The second kappa shape index (κ2) is 6.37. The number of rotatable bonds is 6. The molecule has 0 bridgehead atoms. The highest BCUT2D eigenvalue weighted by molar-refractivity contribution is 5.79. The zero-order chi connectivity index (χ0) is 13.7. The van der Waals surface area contributed by atoms with E-state index >= 15 is 0 Å². The Morgan fingerprint density at radius 3 is 2.63 bits per heavy atom. The van der Waals surface area contributed by atoms with E-state index in [2.05, 4.69) is 10.6 Å². The first-order valence-electron chi connectivity index (χ1n) is 7.33. The molecule has 1 saturated carbocycles. The lowest BCUT2D eigenvalue weighted by atomic mass is 9.86. The van der Waals surface area contributed by atoms with Gasteiger partial charge in [0.15, 0.2) is 0 Å². The summed E-state index contributed by atoms with van der Waals surface area (Å²) in [5, 5.41) is 15.4. The molecule has 1 amide bonds. The SMILES string of the molecule is O=C(CCC1CCNC1)NCC1(C(=O)O)CCCC1. The highest BCUT2D eigenvalue weighted by Crippen LogP contribution is 2.37. The topological polar surface area (TPSA) is 78.4 Å². The molecule has 2 aliphatic rings. The fourth-order valence-electron chi connectivity index (χ4n) is 3.17. The van der Waals surface area contributed by atoms with Crippen molar-refractivity contribution in [2.45, 2.75) is 44.9 Å². The number of nitrogens with one attached hydrogen (secondary N) is 2. The van der Waals surface area contributed by atoms with Crippen molar-refractivity contribution in [1.29, 1.82) is 0 Å². The number of carbonyl (C=O) groups excluding carboxylic acids is 1. The predicted molar refractivity (Wildman–Crippen MR) is 71.8 cm³/mol. The van der Waals surface area contributed by atoms with E-state index < -0.39 is 11.4 Å². The minimum Gasteiger partial charge on any atom is -0.481 e.